The highest BCUT2D eigenvalue weighted by Gasteiger charge is 2.71. The third kappa shape index (κ3) is 6.14. The quantitative estimate of drug-likeness (QED) is 0.195. The lowest BCUT2D eigenvalue weighted by molar-refractivity contribution is 0.0956. The molecule has 0 heterocycles. The van der Waals surface area contributed by atoms with Crippen LogP contribution in [0.2, 0.25) is 0 Å². The standard InChI is InChI=1S/C20H14O15S4.4H3N/c21-15-11-8-4-5-9-12(11)16(22)14-13(15)17(36(23,24)25)19(38(29,30)31)20(39(32,33)34,18(14)37(26,27)28)35-10-6-2-1-3-7-10;;;;/h1-9,18H,(H,23,24,25)(H,26,27,28)(H,29,30,31)(H,32,33,34);4*1H3. The van der Waals surface area contributed by atoms with Gasteiger partial charge in [-0.25, -0.2) is 0 Å². The highest BCUT2D eigenvalue weighted by Crippen LogP contribution is 2.52. The number of allylic oxidation sites excluding steroid dienone is 1. The van der Waals surface area contributed by atoms with Gasteiger partial charge in [0.2, 0.25) is 0 Å². The minimum atomic E-state index is -6.54. The third-order valence-corrected chi connectivity index (χ3v) is 10.5. The van der Waals surface area contributed by atoms with Crippen LogP contribution in [0.15, 0.2) is 75.6 Å². The zero-order chi connectivity index (χ0) is 29.3. The van der Waals surface area contributed by atoms with Crippen LogP contribution in [-0.2, 0) is 40.5 Å². The molecule has 0 fully saturated rings. The maximum Gasteiger partial charge on any atom is 0.313 e. The number of carbonyl (C=O) groups excluding carboxylic acids is 2. The second kappa shape index (κ2) is 12.3. The van der Waals surface area contributed by atoms with Crippen molar-refractivity contribution in [1.29, 1.82) is 0 Å². The van der Waals surface area contributed by atoms with Gasteiger partial charge in [-0.1, -0.05) is 42.5 Å². The summed E-state index contributed by atoms with van der Waals surface area (Å²) in [7, 11) is -25.4. The number of benzene rings is 2. The smallest absolute Gasteiger partial charge is 0.313 e. The Kier molecular flexibility index (Phi) is 11.3. The van der Waals surface area contributed by atoms with E-state index in [1.54, 1.807) is 0 Å². The minimum Gasteiger partial charge on any atom is -0.462 e. The van der Waals surface area contributed by atoms with Gasteiger partial charge in [0, 0.05) is 16.7 Å². The number of hydrogen-bond acceptors (Lipinski definition) is 15. The lowest BCUT2D eigenvalue weighted by Crippen LogP contribution is -2.63. The summed E-state index contributed by atoms with van der Waals surface area (Å²) >= 11 is 0. The Bertz CT molecular complexity index is 1970. The van der Waals surface area contributed by atoms with Crippen LogP contribution < -0.4 is 29.3 Å². The molecule has 0 radical (unpaired) electrons. The zero-order valence-electron chi connectivity index (χ0n) is 21.5. The number of ketones is 2. The van der Waals surface area contributed by atoms with Gasteiger partial charge in [0.15, 0.2) is 21.7 Å². The molecule has 16 N–H and O–H groups in total. The van der Waals surface area contributed by atoms with E-state index in [1.807, 2.05) is 0 Å². The van der Waals surface area contributed by atoms with E-state index >= 15 is 0 Å². The van der Waals surface area contributed by atoms with Crippen molar-refractivity contribution >= 4 is 52.0 Å². The molecular weight excluding hydrogens is 665 g/mol. The van der Waals surface area contributed by atoms with Crippen molar-refractivity contribution in [2.75, 3.05) is 0 Å². The monoisotopic (exact) mass is 690 g/mol. The van der Waals surface area contributed by atoms with Crippen LogP contribution >= 0.6 is 0 Å². The Morgan fingerprint density at radius 3 is 1.47 bits per heavy atom. The number of fused-ring (bicyclic) bond motifs is 1. The lowest BCUT2D eigenvalue weighted by Gasteiger charge is -2.42. The first-order valence-corrected chi connectivity index (χ1v) is 15.9. The topological polar surface area (TPSA) is 401 Å². The molecule has 2 aromatic carbocycles. The van der Waals surface area contributed by atoms with E-state index in [4.69, 9.17) is 4.74 Å². The molecule has 0 aromatic heterocycles. The van der Waals surface area contributed by atoms with Crippen LogP contribution in [0, 0.1) is 0 Å². The minimum absolute atomic E-state index is 0. The number of hydrogen-bond donors (Lipinski definition) is 8. The van der Waals surface area contributed by atoms with Crippen molar-refractivity contribution in [3.8, 4) is 5.75 Å². The Balaban J connectivity index is 0.00000441. The summed E-state index contributed by atoms with van der Waals surface area (Å²) in [5.41, 5.74) is -4.68. The summed E-state index contributed by atoms with van der Waals surface area (Å²) in [6.45, 7) is 0. The Labute approximate surface area is 245 Å². The number of rotatable bonds is 6. The fraction of sp³-hybridized carbons (Fsp3) is 0.100. The summed E-state index contributed by atoms with van der Waals surface area (Å²) in [6.07, 6.45) is 0. The molecule has 19 nitrogen and oxygen atoms in total. The van der Waals surface area contributed by atoms with E-state index in [0.29, 0.717) is 0 Å². The van der Waals surface area contributed by atoms with E-state index in [1.165, 1.54) is 18.2 Å². The number of Topliss-reactive ketones (excluding diaryl/α,β-unsaturated/α-hetero) is 2. The summed E-state index contributed by atoms with van der Waals surface area (Å²) in [5, 5.41) is -3.61. The summed E-state index contributed by atoms with van der Waals surface area (Å²) in [5.74, 6) is -4.05. The molecule has 2 aliphatic rings. The Morgan fingerprint density at radius 1 is 0.628 bits per heavy atom. The van der Waals surface area contributed by atoms with Gasteiger partial charge in [-0.2, -0.15) is 33.7 Å². The Hall–Kier alpha value is -3.46. The normalized spacial score (nSPS) is 20.3. The van der Waals surface area contributed by atoms with Crippen molar-refractivity contribution < 1.29 is 66.2 Å². The highest BCUT2D eigenvalue weighted by molar-refractivity contribution is 7.97. The summed E-state index contributed by atoms with van der Waals surface area (Å²) in [6, 6.07) is 9.46. The van der Waals surface area contributed by atoms with Crippen LogP contribution in [0.25, 0.3) is 0 Å². The predicted molar refractivity (Wildman–Crippen MR) is 149 cm³/mol. The lowest BCUT2D eigenvalue weighted by atomic mass is 9.78. The SMILES string of the molecule is N.N.N.N.O=C1C2=C(C(=O)c3ccccc31)C(S(=O)(=O)O)C(Oc1ccccc1)(S(=O)(=O)O)C(S(=O)(=O)O)=C2S(=O)(=O)O. The zero-order valence-corrected chi connectivity index (χ0v) is 24.8. The average molecular weight is 691 g/mol. The number of para-hydroxylation sites is 1. The van der Waals surface area contributed by atoms with Gasteiger partial charge >= 0.3 is 10.1 Å². The molecule has 2 aromatic rings. The molecule has 0 saturated carbocycles. The van der Waals surface area contributed by atoms with Crippen LogP contribution in [0.5, 0.6) is 5.75 Å². The van der Waals surface area contributed by atoms with E-state index < -0.39 is 100 Å². The molecule has 2 unspecified atom stereocenters. The van der Waals surface area contributed by atoms with Crippen molar-refractivity contribution in [3.63, 3.8) is 0 Å². The fourth-order valence-electron chi connectivity index (χ4n) is 4.41. The second-order valence-electron chi connectivity index (χ2n) is 8.05. The van der Waals surface area contributed by atoms with E-state index in [9.17, 15) is 61.5 Å². The molecule has 0 aliphatic heterocycles. The number of ether oxygens (including phenoxy) is 1. The largest absolute Gasteiger partial charge is 0.462 e. The van der Waals surface area contributed by atoms with Gasteiger partial charge < -0.3 is 29.3 Å². The summed E-state index contributed by atoms with van der Waals surface area (Å²) < 4.78 is 148. The van der Waals surface area contributed by atoms with E-state index in [0.717, 1.165) is 36.4 Å². The predicted octanol–water partition coefficient (Wildman–Crippen LogP) is 0.930. The molecule has 0 saturated heterocycles. The first kappa shape index (κ1) is 39.5. The molecule has 0 spiro atoms. The average Bonchev–Trinajstić information content (AvgIpc) is 2.79. The number of carbonyl (C=O) groups is 2. The molecule has 43 heavy (non-hydrogen) atoms. The maximum atomic E-state index is 13.5. The van der Waals surface area contributed by atoms with Crippen molar-refractivity contribution in [1.82, 2.24) is 24.6 Å². The highest BCUT2D eigenvalue weighted by atomic mass is 32.2. The summed E-state index contributed by atoms with van der Waals surface area (Å²) in [4.78, 5) is 17.4. The van der Waals surface area contributed by atoms with Gasteiger partial charge in [-0.15, -0.1) is 0 Å². The first-order chi connectivity index (χ1) is 17.7. The second-order valence-corrected chi connectivity index (χ2v) is 13.8. The Morgan fingerprint density at radius 2 is 1.07 bits per heavy atom. The molecule has 2 atom stereocenters. The molecule has 23 heteroatoms. The third-order valence-electron chi connectivity index (χ3n) is 5.72. The van der Waals surface area contributed by atoms with Gasteiger partial charge in [-0.3, -0.25) is 27.8 Å². The van der Waals surface area contributed by atoms with Crippen LogP contribution in [0.4, 0.5) is 0 Å². The molecular formula is C20H26N4O15S4. The van der Waals surface area contributed by atoms with E-state index in [-0.39, 0.29) is 24.6 Å². The first-order valence-electron chi connectivity index (χ1n) is 10.0. The molecule has 0 amide bonds. The van der Waals surface area contributed by atoms with Crippen LogP contribution in [0.3, 0.4) is 0 Å². The van der Waals surface area contributed by atoms with E-state index in [2.05, 4.69) is 0 Å². The van der Waals surface area contributed by atoms with Gasteiger partial charge in [-0.05, 0) is 12.1 Å². The molecule has 240 valence electrons. The van der Waals surface area contributed by atoms with Crippen molar-refractivity contribution in [2.24, 2.45) is 0 Å². The van der Waals surface area contributed by atoms with Gasteiger partial charge in [0.05, 0.1) is 5.57 Å². The van der Waals surface area contributed by atoms with Crippen LogP contribution in [-0.4, -0.2) is 73.6 Å². The van der Waals surface area contributed by atoms with Gasteiger partial charge in [0.1, 0.15) is 10.7 Å². The fourth-order valence-corrected chi connectivity index (χ4v) is 10.2. The van der Waals surface area contributed by atoms with Crippen LogP contribution in [0.1, 0.15) is 20.7 Å². The molecule has 2 aliphatic carbocycles. The van der Waals surface area contributed by atoms with Gasteiger partial charge in [0.25, 0.3) is 35.3 Å². The molecule has 4 rings (SSSR count). The van der Waals surface area contributed by atoms with Crippen molar-refractivity contribution in [3.05, 3.63) is 86.7 Å². The maximum absolute atomic E-state index is 13.5. The molecule has 0 bridgehead atoms. The van der Waals surface area contributed by atoms with Crippen molar-refractivity contribution in [2.45, 2.75) is 10.2 Å².